The molecule has 0 aliphatic heterocycles. The maximum atomic E-state index is 9.01. The molecule has 0 aromatic rings. The fourth-order valence-electron chi connectivity index (χ4n) is 0. The van der Waals surface area contributed by atoms with Gasteiger partial charge in [-0.3, -0.25) is 0 Å². The van der Waals surface area contributed by atoms with E-state index in [1.807, 2.05) is 0 Å². The van der Waals surface area contributed by atoms with Gasteiger partial charge in [0.1, 0.15) is 0 Å². The molecular weight excluding hydrogens is 467 g/mol. The largest absolute Gasteiger partial charge is 4.00 e. The molecule has 0 aromatic carbocycles. The monoisotopic (exact) mass is 480 g/mol. The van der Waals surface area contributed by atoms with E-state index in [1.165, 1.54) is 0 Å². The third kappa shape index (κ3) is 118. The Morgan fingerprint density at radius 1 is 0.524 bits per heavy atom. The third-order valence-electron chi connectivity index (χ3n) is 0.516. The van der Waals surface area contributed by atoms with Crippen LogP contribution in [0.2, 0.25) is 0 Å². The number of carboxylic acids is 4. The van der Waals surface area contributed by atoms with Crippen molar-refractivity contribution in [1.29, 1.82) is 0 Å². The minimum absolute atomic E-state index is 0. The molecule has 4 N–H and O–H groups in total. The minimum Gasteiger partial charge on any atom is -0.548 e. The molecule has 0 aromatic heterocycles. The molecule has 0 rings (SSSR count). The molecule has 0 aliphatic carbocycles. The molecule has 0 atom stereocenters. The van der Waals surface area contributed by atoms with Gasteiger partial charge in [-0.25, -0.2) is 0 Å². The second-order valence-corrected chi connectivity index (χ2v) is 2.12. The summed E-state index contributed by atoms with van der Waals surface area (Å²) in [5, 5.41) is 66.0. The van der Waals surface area contributed by atoms with E-state index in [0.717, 1.165) is 0 Å². The van der Waals surface area contributed by atoms with Crippen LogP contribution in [0.1, 0.15) is 0 Å². The number of hydrogen-bond acceptors (Lipinski definition) is 12. The van der Waals surface area contributed by atoms with Gasteiger partial charge < -0.3 is 60.0 Å². The van der Waals surface area contributed by atoms with Crippen molar-refractivity contribution in [1.82, 2.24) is 0 Å². The Morgan fingerprint density at radius 2 is 0.571 bits per heavy atom. The smallest absolute Gasteiger partial charge is 0.548 e. The van der Waals surface area contributed by atoms with Crippen molar-refractivity contribution in [2.24, 2.45) is 0 Å². The summed E-state index contributed by atoms with van der Waals surface area (Å²) in [6.45, 7) is -3.56. The van der Waals surface area contributed by atoms with Gasteiger partial charge in [0.25, 0.3) is 0 Å². The van der Waals surface area contributed by atoms with Crippen molar-refractivity contribution >= 4 is 23.9 Å². The predicted molar refractivity (Wildman–Crippen MR) is 48.4 cm³/mol. The van der Waals surface area contributed by atoms with Crippen molar-refractivity contribution in [3.63, 3.8) is 0 Å². The Balaban J connectivity index is -0.0000000533. The van der Waals surface area contributed by atoms with Crippen LogP contribution in [0.25, 0.3) is 0 Å². The van der Waals surface area contributed by atoms with E-state index in [-0.39, 0.29) is 25.8 Å². The molecule has 0 spiro atoms. The molecule has 21 heavy (non-hydrogen) atoms. The van der Waals surface area contributed by atoms with Crippen LogP contribution in [0.5, 0.6) is 0 Å². The molecular formula is C8H12HfO12. The van der Waals surface area contributed by atoms with E-state index in [9.17, 15) is 0 Å². The molecule has 120 valence electrons. The number of rotatable bonds is 4. The summed E-state index contributed by atoms with van der Waals surface area (Å²) >= 11 is 0. The second-order valence-electron chi connectivity index (χ2n) is 2.12. The van der Waals surface area contributed by atoms with Gasteiger partial charge >= 0.3 is 25.8 Å². The second kappa shape index (κ2) is 27.0. The van der Waals surface area contributed by atoms with Gasteiger partial charge in [0, 0.05) is 0 Å². The molecule has 0 amide bonds. The zero-order valence-corrected chi connectivity index (χ0v) is 14.0. The number of aliphatic hydroxyl groups excluding tert-OH is 4. The average molecular weight is 479 g/mol. The fraction of sp³-hybridized carbons (Fsp3) is 0.500. The van der Waals surface area contributed by atoms with E-state index >= 15 is 0 Å². The van der Waals surface area contributed by atoms with Gasteiger partial charge in [-0.2, -0.15) is 0 Å². The first-order valence-corrected chi connectivity index (χ1v) is 4.31. The van der Waals surface area contributed by atoms with Crippen molar-refractivity contribution in [3.8, 4) is 0 Å². The van der Waals surface area contributed by atoms with Crippen molar-refractivity contribution in [2.75, 3.05) is 26.4 Å². The third-order valence-corrected chi connectivity index (χ3v) is 0.516. The summed E-state index contributed by atoms with van der Waals surface area (Å²) in [7, 11) is 0. The van der Waals surface area contributed by atoms with Gasteiger partial charge in [0.2, 0.25) is 0 Å². The Morgan fingerprint density at radius 3 is 0.571 bits per heavy atom. The molecule has 0 unspecified atom stereocenters. The molecule has 0 heterocycles. The Hall–Kier alpha value is -1.41. The summed E-state index contributed by atoms with van der Waals surface area (Å²) < 4.78 is 0. The standard InChI is InChI=1S/4C2H4O3.Hf/c4*3-1-2(4)5;/h4*3H,1H2,(H,4,5);/q;;;;+4/p-4. The van der Waals surface area contributed by atoms with Crippen molar-refractivity contribution in [3.05, 3.63) is 0 Å². The Kier molecular flexibility index (Phi) is 40.9. The number of carboxylic acid groups (broad SMARTS) is 4. The first kappa shape index (κ1) is 31.8. The zero-order chi connectivity index (χ0) is 17.1. The van der Waals surface area contributed by atoms with Crippen LogP contribution in [0.15, 0.2) is 0 Å². The summed E-state index contributed by atoms with van der Waals surface area (Å²) in [6, 6.07) is 0. The quantitative estimate of drug-likeness (QED) is 0.275. The molecule has 0 aliphatic rings. The van der Waals surface area contributed by atoms with Crippen LogP contribution in [0, 0.1) is 0 Å². The van der Waals surface area contributed by atoms with E-state index in [2.05, 4.69) is 0 Å². The van der Waals surface area contributed by atoms with Crippen LogP contribution in [-0.2, 0) is 45.0 Å². The normalized spacial score (nSPS) is 7.05. The number of aliphatic hydroxyl groups is 4. The molecule has 12 nitrogen and oxygen atoms in total. The van der Waals surface area contributed by atoms with E-state index in [4.69, 9.17) is 60.0 Å². The molecule has 0 radical (unpaired) electrons. The molecule has 13 heteroatoms. The van der Waals surface area contributed by atoms with Crippen LogP contribution < -0.4 is 20.4 Å². The number of hydrogen-bond donors (Lipinski definition) is 4. The van der Waals surface area contributed by atoms with Gasteiger partial charge in [-0.15, -0.1) is 0 Å². The average Bonchev–Trinajstić information content (AvgIpc) is 2.40. The fourth-order valence-corrected chi connectivity index (χ4v) is 0. The van der Waals surface area contributed by atoms with Crippen molar-refractivity contribution < 1.29 is 85.9 Å². The van der Waals surface area contributed by atoms with Gasteiger partial charge in [-0.1, -0.05) is 0 Å². The minimum atomic E-state index is -1.44. The predicted octanol–water partition coefficient (Wildman–Crippen LogP) is -9.09. The number of carbonyl (C=O) groups is 4. The van der Waals surface area contributed by atoms with E-state index < -0.39 is 50.3 Å². The molecule has 0 bridgehead atoms. The van der Waals surface area contributed by atoms with E-state index in [0.29, 0.717) is 0 Å². The summed E-state index contributed by atoms with van der Waals surface area (Å²) in [6.07, 6.45) is 0. The maximum Gasteiger partial charge on any atom is 4.00 e. The van der Waals surface area contributed by atoms with Crippen LogP contribution >= 0.6 is 0 Å². The SMILES string of the molecule is O=C([O-])CO.O=C([O-])CO.O=C([O-])CO.O=C([O-])CO.[Hf+4]. The maximum absolute atomic E-state index is 9.01. The first-order valence-electron chi connectivity index (χ1n) is 4.31. The van der Waals surface area contributed by atoms with Crippen LogP contribution in [-0.4, -0.2) is 70.7 Å². The molecule has 0 saturated carbocycles. The van der Waals surface area contributed by atoms with E-state index in [1.54, 1.807) is 0 Å². The molecule has 0 saturated heterocycles. The summed E-state index contributed by atoms with van der Waals surface area (Å²) in [5.41, 5.74) is 0. The van der Waals surface area contributed by atoms with Crippen molar-refractivity contribution in [2.45, 2.75) is 0 Å². The van der Waals surface area contributed by atoms with Crippen LogP contribution in [0.4, 0.5) is 0 Å². The first-order chi connectivity index (χ1) is 9.08. The summed E-state index contributed by atoms with van der Waals surface area (Å²) in [4.78, 5) is 36.0. The van der Waals surface area contributed by atoms with Gasteiger partial charge in [0.05, 0.1) is 50.3 Å². The van der Waals surface area contributed by atoms with Gasteiger partial charge in [-0.05, 0) is 0 Å². The zero-order valence-electron chi connectivity index (χ0n) is 10.4. The van der Waals surface area contributed by atoms with Crippen LogP contribution in [0.3, 0.4) is 0 Å². The Bertz CT molecular complexity index is 222. The Labute approximate surface area is 136 Å². The number of carbonyl (C=O) groups excluding carboxylic acids is 4. The van der Waals surface area contributed by atoms with Gasteiger partial charge in [0.15, 0.2) is 0 Å². The summed E-state index contributed by atoms with van der Waals surface area (Å²) in [5.74, 6) is -5.76. The number of aliphatic carboxylic acids is 4. The molecule has 0 fully saturated rings. The topological polar surface area (TPSA) is 241 Å².